The van der Waals surface area contributed by atoms with E-state index in [-0.39, 0.29) is 11.8 Å². The van der Waals surface area contributed by atoms with Gasteiger partial charge in [0.1, 0.15) is 6.73 Å². The minimum Gasteiger partial charge on any atom is -0.362 e. The van der Waals surface area contributed by atoms with Gasteiger partial charge in [-0.05, 0) is 30.3 Å². The van der Waals surface area contributed by atoms with Gasteiger partial charge in [-0.15, -0.1) is 0 Å². The number of methoxy groups -OCH3 is 1. The number of hydrogen-bond acceptors (Lipinski definition) is 4. The monoisotopic (exact) mass is 288 g/mol. The third kappa shape index (κ3) is 4.15. The normalized spacial score (nSPS) is 10.2. The molecule has 1 heterocycles. The second-order valence-corrected chi connectivity index (χ2v) is 4.37. The van der Waals surface area contributed by atoms with Crippen molar-refractivity contribution in [3.8, 4) is 0 Å². The molecule has 2 aromatic rings. The molecule has 0 saturated heterocycles. The summed E-state index contributed by atoms with van der Waals surface area (Å²) in [6, 6.07) is 8.44. The average molecular weight is 288 g/mol. The van der Waals surface area contributed by atoms with Gasteiger partial charge in [-0.2, -0.15) is 5.10 Å². The molecule has 2 amide bonds. The smallest absolute Gasteiger partial charge is 0.276 e. The average Bonchev–Trinajstić information content (AvgIpc) is 2.89. The predicted octanol–water partition coefficient (Wildman–Crippen LogP) is 1.70. The highest BCUT2D eigenvalue weighted by molar-refractivity contribution is 6.02. The Morgan fingerprint density at radius 1 is 1.14 bits per heavy atom. The highest BCUT2D eigenvalue weighted by atomic mass is 16.5. The summed E-state index contributed by atoms with van der Waals surface area (Å²) in [7, 11) is 1.55. The highest BCUT2D eigenvalue weighted by Crippen LogP contribution is 2.14. The molecule has 0 aliphatic heterocycles. The Labute approximate surface area is 121 Å². The topological polar surface area (TPSA) is 85.2 Å². The number of hydrogen-bond donors (Lipinski definition) is 2. The number of ether oxygens (including phenoxy) is 1. The maximum Gasteiger partial charge on any atom is 0.276 e. The Bertz CT molecular complexity index is 634. The maximum absolute atomic E-state index is 12.0. The summed E-state index contributed by atoms with van der Waals surface area (Å²) in [5.74, 6) is -0.451. The van der Waals surface area contributed by atoms with E-state index in [4.69, 9.17) is 4.74 Å². The van der Waals surface area contributed by atoms with Gasteiger partial charge in [-0.25, -0.2) is 4.68 Å². The van der Waals surface area contributed by atoms with Crippen molar-refractivity contribution in [1.29, 1.82) is 0 Å². The van der Waals surface area contributed by atoms with Crippen LogP contribution in [0.5, 0.6) is 0 Å². The van der Waals surface area contributed by atoms with E-state index in [1.807, 2.05) is 0 Å². The van der Waals surface area contributed by atoms with Crippen LogP contribution in [0, 0.1) is 0 Å². The van der Waals surface area contributed by atoms with Gasteiger partial charge < -0.3 is 15.4 Å². The summed E-state index contributed by atoms with van der Waals surface area (Å²) in [5, 5.41) is 9.45. The van der Waals surface area contributed by atoms with Gasteiger partial charge >= 0.3 is 0 Å². The van der Waals surface area contributed by atoms with Gasteiger partial charge in [0, 0.05) is 31.6 Å². The molecular weight excluding hydrogens is 272 g/mol. The molecule has 0 atom stereocenters. The fourth-order valence-electron chi connectivity index (χ4n) is 1.72. The van der Waals surface area contributed by atoms with Gasteiger partial charge in [-0.1, -0.05) is 0 Å². The fourth-order valence-corrected chi connectivity index (χ4v) is 1.72. The van der Waals surface area contributed by atoms with Crippen LogP contribution in [0.4, 0.5) is 11.4 Å². The van der Waals surface area contributed by atoms with Crippen molar-refractivity contribution in [2.24, 2.45) is 0 Å². The summed E-state index contributed by atoms with van der Waals surface area (Å²) < 4.78 is 6.44. The number of anilines is 2. The number of nitrogens with one attached hydrogen (secondary N) is 2. The van der Waals surface area contributed by atoms with Crippen molar-refractivity contribution in [2.45, 2.75) is 13.7 Å². The minimum atomic E-state index is -0.308. The Morgan fingerprint density at radius 3 is 2.33 bits per heavy atom. The molecule has 0 radical (unpaired) electrons. The SMILES string of the molecule is COCn1ccc(C(=O)Nc2ccc(NC(C)=O)cc2)n1. The standard InChI is InChI=1S/C14H16N4O3/c1-10(19)15-11-3-5-12(6-4-11)16-14(20)13-7-8-18(17-13)9-21-2/h3-8H,9H2,1-2H3,(H,15,19)(H,16,20). The first-order valence-electron chi connectivity index (χ1n) is 6.30. The summed E-state index contributed by atoms with van der Waals surface area (Å²) >= 11 is 0. The predicted molar refractivity (Wildman–Crippen MR) is 77.9 cm³/mol. The third-order valence-electron chi connectivity index (χ3n) is 2.60. The summed E-state index contributed by atoms with van der Waals surface area (Å²) in [6.07, 6.45) is 1.66. The van der Waals surface area contributed by atoms with E-state index in [0.717, 1.165) is 0 Å². The summed E-state index contributed by atoms with van der Waals surface area (Å²) in [5.41, 5.74) is 1.60. The van der Waals surface area contributed by atoms with Gasteiger partial charge in [0.05, 0.1) is 0 Å². The van der Waals surface area contributed by atoms with Crippen LogP contribution in [-0.4, -0.2) is 28.7 Å². The van der Waals surface area contributed by atoms with Gasteiger partial charge in [-0.3, -0.25) is 9.59 Å². The van der Waals surface area contributed by atoms with Gasteiger partial charge in [0.2, 0.25) is 5.91 Å². The van der Waals surface area contributed by atoms with Crippen LogP contribution in [0.15, 0.2) is 36.5 Å². The van der Waals surface area contributed by atoms with Crippen LogP contribution in [0.25, 0.3) is 0 Å². The molecule has 1 aromatic carbocycles. The van der Waals surface area contributed by atoms with Crippen LogP contribution in [0.2, 0.25) is 0 Å². The first kappa shape index (κ1) is 14.7. The zero-order valence-corrected chi connectivity index (χ0v) is 11.8. The lowest BCUT2D eigenvalue weighted by Gasteiger charge is -2.05. The van der Waals surface area contributed by atoms with Crippen LogP contribution in [0.1, 0.15) is 17.4 Å². The van der Waals surface area contributed by atoms with E-state index in [0.29, 0.717) is 23.8 Å². The molecule has 110 valence electrons. The Morgan fingerprint density at radius 2 is 1.76 bits per heavy atom. The first-order chi connectivity index (χ1) is 10.1. The Hall–Kier alpha value is -2.67. The highest BCUT2D eigenvalue weighted by Gasteiger charge is 2.09. The molecule has 0 bridgehead atoms. The van der Waals surface area contributed by atoms with E-state index in [1.165, 1.54) is 11.6 Å². The number of rotatable bonds is 5. The quantitative estimate of drug-likeness (QED) is 0.877. The molecule has 7 heteroatoms. The number of carbonyl (C=O) groups excluding carboxylic acids is 2. The minimum absolute atomic E-state index is 0.143. The van der Waals surface area contributed by atoms with Crippen LogP contribution in [-0.2, 0) is 16.3 Å². The third-order valence-corrected chi connectivity index (χ3v) is 2.60. The molecule has 7 nitrogen and oxygen atoms in total. The second-order valence-electron chi connectivity index (χ2n) is 4.37. The Kier molecular flexibility index (Phi) is 4.68. The molecule has 2 N–H and O–H groups in total. The van der Waals surface area contributed by atoms with Crippen LogP contribution >= 0.6 is 0 Å². The zero-order valence-electron chi connectivity index (χ0n) is 11.8. The van der Waals surface area contributed by atoms with Crippen molar-refractivity contribution >= 4 is 23.2 Å². The van der Waals surface area contributed by atoms with Crippen LogP contribution in [0.3, 0.4) is 0 Å². The van der Waals surface area contributed by atoms with Crippen molar-refractivity contribution in [2.75, 3.05) is 17.7 Å². The molecular formula is C14H16N4O3. The summed E-state index contributed by atoms with van der Waals surface area (Å²) in [6.45, 7) is 1.73. The largest absolute Gasteiger partial charge is 0.362 e. The lowest BCUT2D eigenvalue weighted by atomic mass is 10.2. The maximum atomic E-state index is 12.0. The molecule has 0 saturated carbocycles. The lowest BCUT2D eigenvalue weighted by Crippen LogP contribution is -2.13. The van der Waals surface area contributed by atoms with Gasteiger partial charge in [0.15, 0.2) is 5.69 Å². The lowest BCUT2D eigenvalue weighted by molar-refractivity contribution is -0.114. The molecule has 21 heavy (non-hydrogen) atoms. The van der Waals surface area contributed by atoms with Crippen molar-refractivity contribution in [3.05, 3.63) is 42.2 Å². The first-order valence-corrected chi connectivity index (χ1v) is 6.30. The van der Waals surface area contributed by atoms with Crippen molar-refractivity contribution in [3.63, 3.8) is 0 Å². The molecule has 1 aromatic heterocycles. The van der Waals surface area contributed by atoms with Crippen molar-refractivity contribution in [1.82, 2.24) is 9.78 Å². The van der Waals surface area contributed by atoms with Crippen molar-refractivity contribution < 1.29 is 14.3 Å². The Balaban J connectivity index is 1.99. The van der Waals surface area contributed by atoms with E-state index in [1.54, 1.807) is 43.6 Å². The molecule has 0 aliphatic carbocycles. The van der Waals surface area contributed by atoms with Crippen LogP contribution < -0.4 is 10.6 Å². The fraction of sp³-hybridized carbons (Fsp3) is 0.214. The number of benzene rings is 1. The van der Waals surface area contributed by atoms with E-state index < -0.39 is 0 Å². The van der Waals surface area contributed by atoms with E-state index >= 15 is 0 Å². The van der Waals surface area contributed by atoms with E-state index in [9.17, 15) is 9.59 Å². The molecule has 0 spiro atoms. The molecule has 0 unspecified atom stereocenters. The van der Waals surface area contributed by atoms with Gasteiger partial charge in [0.25, 0.3) is 5.91 Å². The zero-order chi connectivity index (χ0) is 15.2. The number of nitrogens with zero attached hydrogens (tertiary/aromatic N) is 2. The number of amides is 2. The molecule has 2 rings (SSSR count). The summed E-state index contributed by atoms with van der Waals surface area (Å²) in [4.78, 5) is 22.9. The molecule has 0 aliphatic rings. The number of aromatic nitrogens is 2. The second kappa shape index (κ2) is 6.67. The van der Waals surface area contributed by atoms with E-state index in [2.05, 4.69) is 15.7 Å². The molecule has 0 fully saturated rings. The number of carbonyl (C=O) groups is 2.